The molecule has 2 rings (SSSR count). The lowest BCUT2D eigenvalue weighted by molar-refractivity contribution is -0.116. The van der Waals surface area contributed by atoms with Crippen molar-refractivity contribution in [2.24, 2.45) is 0 Å². The summed E-state index contributed by atoms with van der Waals surface area (Å²) in [6, 6.07) is 11.4. The normalized spacial score (nSPS) is 10.1. The number of anilines is 2. The molecule has 3 N–H and O–H groups in total. The van der Waals surface area contributed by atoms with E-state index in [1.54, 1.807) is 42.5 Å². The van der Waals surface area contributed by atoms with Crippen LogP contribution >= 0.6 is 35.4 Å². The van der Waals surface area contributed by atoms with Gasteiger partial charge in [-0.3, -0.25) is 14.9 Å². The first-order valence-corrected chi connectivity index (χ1v) is 9.02. The van der Waals surface area contributed by atoms with E-state index in [2.05, 4.69) is 16.0 Å². The highest BCUT2D eigenvalue weighted by atomic mass is 35.5. The van der Waals surface area contributed by atoms with E-state index < -0.39 is 0 Å². The van der Waals surface area contributed by atoms with Crippen LogP contribution in [0.4, 0.5) is 11.4 Å². The fourth-order valence-electron chi connectivity index (χ4n) is 2.08. The number of halogens is 2. The Morgan fingerprint density at radius 2 is 1.73 bits per heavy atom. The summed E-state index contributed by atoms with van der Waals surface area (Å²) in [6.45, 7) is 1.93. The van der Waals surface area contributed by atoms with E-state index in [4.69, 9.17) is 35.4 Å². The van der Waals surface area contributed by atoms with Crippen molar-refractivity contribution in [1.82, 2.24) is 5.32 Å². The predicted molar refractivity (Wildman–Crippen MR) is 110 cm³/mol. The molecule has 0 fully saturated rings. The van der Waals surface area contributed by atoms with Gasteiger partial charge in [0.2, 0.25) is 5.91 Å². The molecule has 26 heavy (non-hydrogen) atoms. The van der Waals surface area contributed by atoms with Crippen LogP contribution in [0.5, 0.6) is 0 Å². The zero-order chi connectivity index (χ0) is 19.1. The fraction of sp³-hybridized carbons (Fsp3) is 0.167. The number of carbonyl (C=O) groups excluding carboxylic acids is 2. The van der Waals surface area contributed by atoms with Gasteiger partial charge in [0.15, 0.2) is 5.11 Å². The Balaban J connectivity index is 2.02. The van der Waals surface area contributed by atoms with Gasteiger partial charge in [0.1, 0.15) is 0 Å². The van der Waals surface area contributed by atoms with Gasteiger partial charge in [0.05, 0.1) is 10.7 Å². The van der Waals surface area contributed by atoms with Crippen LogP contribution in [0, 0.1) is 0 Å². The Labute approximate surface area is 167 Å². The van der Waals surface area contributed by atoms with Crippen LogP contribution in [0.2, 0.25) is 10.0 Å². The topological polar surface area (TPSA) is 70.2 Å². The highest BCUT2D eigenvalue weighted by molar-refractivity contribution is 7.80. The van der Waals surface area contributed by atoms with Crippen LogP contribution in [0.25, 0.3) is 0 Å². The average Bonchev–Trinajstić information content (AvgIpc) is 2.58. The molecule has 2 aromatic carbocycles. The Kier molecular flexibility index (Phi) is 7.38. The molecule has 8 heteroatoms. The highest BCUT2D eigenvalue weighted by Crippen LogP contribution is 2.25. The second-order valence-electron chi connectivity index (χ2n) is 5.41. The second kappa shape index (κ2) is 9.52. The standard InChI is InChI=1S/C18H17Cl2N3O2S/c1-2-3-16(24)21-13-8-9-14(20)15(10-13)22-18(26)23-17(25)11-4-6-12(19)7-5-11/h4-10H,2-3H2,1H3,(H,21,24)(H2,22,23,25,26). The van der Waals surface area contributed by atoms with E-state index in [1.165, 1.54) is 0 Å². The third kappa shape index (κ3) is 5.98. The molecule has 0 bridgehead atoms. The molecule has 0 saturated carbocycles. The molecule has 0 aliphatic carbocycles. The minimum atomic E-state index is -0.373. The molecule has 136 valence electrons. The lowest BCUT2D eigenvalue weighted by atomic mass is 10.2. The zero-order valence-corrected chi connectivity index (χ0v) is 16.3. The number of nitrogens with one attached hydrogen (secondary N) is 3. The van der Waals surface area contributed by atoms with Gasteiger partial charge in [-0.15, -0.1) is 0 Å². The Morgan fingerprint density at radius 1 is 1.04 bits per heavy atom. The maximum atomic E-state index is 12.2. The summed E-state index contributed by atoms with van der Waals surface area (Å²) < 4.78 is 0. The molecule has 0 unspecified atom stereocenters. The van der Waals surface area contributed by atoms with Gasteiger partial charge in [-0.2, -0.15) is 0 Å². The van der Waals surface area contributed by atoms with Crippen LogP contribution in [-0.4, -0.2) is 16.9 Å². The third-order valence-electron chi connectivity index (χ3n) is 3.31. The van der Waals surface area contributed by atoms with E-state index in [0.717, 1.165) is 6.42 Å². The lowest BCUT2D eigenvalue weighted by Gasteiger charge is -2.13. The van der Waals surface area contributed by atoms with E-state index in [9.17, 15) is 9.59 Å². The van der Waals surface area contributed by atoms with Crippen molar-refractivity contribution >= 4 is 63.7 Å². The van der Waals surface area contributed by atoms with Gasteiger partial charge in [0, 0.05) is 22.7 Å². The summed E-state index contributed by atoms with van der Waals surface area (Å²) in [5, 5.41) is 9.23. The van der Waals surface area contributed by atoms with Crippen LogP contribution in [0.3, 0.4) is 0 Å². The molecule has 0 saturated heterocycles. The number of benzene rings is 2. The molecule has 0 aromatic heterocycles. The number of hydrogen-bond donors (Lipinski definition) is 3. The summed E-state index contributed by atoms with van der Waals surface area (Å²) in [5.41, 5.74) is 1.48. The van der Waals surface area contributed by atoms with Crippen LogP contribution in [0.1, 0.15) is 30.1 Å². The molecule has 0 aliphatic rings. The van der Waals surface area contributed by atoms with E-state index in [0.29, 0.717) is 33.4 Å². The van der Waals surface area contributed by atoms with Crippen molar-refractivity contribution in [2.45, 2.75) is 19.8 Å². The number of thiocarbonyl (C=S) groups is 1. The minimum Gasteiger partial charge on any atom is -0.331 e. The van der Waals surface area contributed by atoms with Gasteiger partial charge in [-0.05, 0) is 61.1 Å². The van der Waals surface area contributed by atoms with Crippen LogP contribution < -0.4 is 16.0 Å². The third-order valence-corrected chi connectivity index (χ3v) is 4.09. The zero-order valence-electron chi connectivity index (χ0n) is 13.9. The molecular formula is C18H17Cl2N3O2S. The van der Waals surface area contributed by atoms with Crippen LogP contribution in [-0.2, 0) is 4.79 Å². The molecule has 0 heterocycles. The highest BCUT2D eigenvalue weighted by Gasteiger charge is 2.10. The predicted octanol–water partition coefficient (Wildman–Crippen LogP) is 4.86. The monoisotopic (exact) mass is 409 g/mol. The van der Waals surface area contributed by atoms with Crippen molar-refractivity contribution in [3.63, 3.8) is 0 Å². The maximum absolute atomic E-state index is 12.2. The van der Waals surface area contributed by atoms with E-state index >= 15 is 0 Å². The van der Waals surface area contributed by atoms with Crippen LogP contribution in [0.15, 0.2) is 42.5 Å². The largest absolute Gasteiger partial charge is 0.331 e. The molecule has 5 nitrogen and oxygen atoms in total. The second-order valence-corrected chi connectivity index (χ2v) is 6.66. The van der Waals surface area contributed by atoms with Crippen molar-refractivity contribution in [2.75, 3.05) is 10.6 Å². The average molecular weight is 410 g/mol. The Morgan fingerprint density at radius 3 is 2.38 bits per heavy atom. The summed E-state index contributed by atoms with van der Waals surface area (Å²) in [4.78, 5) is 23.9. The molecule has 2 aromatic rings. The van der Waals surface area contributed by atoms with Gasteiger partial charge < -0.3 is 10.6 Å². The van der Waals surface area contributed by atoms with Gasteiger partial charge >= 0.3 is 0 Å². The summed E-state index contributed by atoms with van der Waals surface area (Å²) in [5.74, 6) is -0.456. The lowest BCUT2D eigenvalue weighted by Crippen LogP contribution is -2.34. The molecule has 0 aliphatic heterocycles. The van der Waals surface area contributed by atoms with E-state index in [-0.39, 0.29) is 16.9 Å². The van der Waals surface area contributed by atoms with Gasteiger partial charge in [-0.1, -0.05) is 30.1 Å². The molecule has 0 radical (unpaired) electrons. The SMILES string of the molecule is CCCC(=O)Nc1ccc(Cl)c(NC(=S)NC(=O)c2ccc(Cl)cc2)c1. The van der Waals surface area contributed by atoms with Crippen molar-refractivity contribution in [3.8, 4) is 0 Å². The molecule has 2 amide bonds. The maximum Gasteiger partial charge on any atom is 0.257 e. The van der Waals surface area contributed by atoms with Crippen molar-refractivity contribution in [1.29, 1.82) is 0 Å². The Hall–Kier alpha value is -2.15. The van der Waals surface area contributed by atoms with E-state index in [1.807, 2.05) is 6.92 Å². The first-order valence-electron chi connectivity index (χ1n) is 7.86. The van der Waals surface area contributed by atoms with Crippen molar-refractivity contribution < 1.29 is 9.59 Å². The smallest absolute Gasteiger partial charge is 0.257 e. The summed E-state index contributed by atoms with van der Waals surface area (Å²) >= 11 is 17.1. The summed E-state index contributed by atoms with van der Waals surface area (Å²) in [7, 11) is 0. The van der Waals surface area contributed by atoms with Gasteiger partial charge in [0.25, 0.3) is 5.91 Å². The van der Waals surface area contributed by atoms with Gasteiger partial charge in [-0.25, -0.2) is 0 Å². The molecule has 0 atom stereocenters. The quantitative estimate of drug-likeness (QED) is 0.616. The molecule has 0 spiro atoms. The summed E-state index contributed by atoms with van der Waals surface area (Å²) in [6.07, 6.45) is 1.19. The minimum absolute atomic E-state index is 0.0839. The number of carbonyl (C=O) groups is 2. The number of rotatable bonds is 5. The fourth-order valence-corrected chi connectivity index (χ4v) is 2.57. The number of hydrogen-bond acceptors (Lipinski definition) is 3. The first-order chi connectivity index (χ1) is 12.4. The number of amides is 2. The molecular weight excluding hydrogens is 393 g/mol. The first kappa shape index (κ1) is 20.2. The Bertz CT molecular complexity index is 826. The van der Waals surface area contributed by atoms with Crippen molar-refractivity contribution in [3.05, 3.63) is 58.1 Å².